The lowest BCUT2D eigenvalue weighted by Gasteiger charge is -2.18. The van der Waals surface area contributed by atoms with Gasteiger partial charge in [-0.25, -0.2) is 0 Å². The minimum atomic E-state index is -0.627. The molecule has 0 spiro atoms. The highest BCUT2D eigenvalue weighted by Crippen LogP contribution is 2.31. The van der Waals surface area contributed by atoms with E-state index in [9.17, 15) is 14.7 Å². The second-order valence-electron chi connectivity index (χ2n) is 6.63. The Hall–Kier alpha value is -2.66. The maximum Gasteiger partial charge on any atom is 0.251 e. The maximum atomic E-state index is 12.5. The lowest BCUT2D eigenvalue weighted by atomic mass is 10.1. The van der Waals surface area contributed by atoms with E-state index in [4.69, 9.17) is 0 Å². The summed E-state index contributed by atoms with van der Waals surface area (Å²) in [7, 11) is 0. The Morgan fingerprint density at radius 1 is 1.00 bits per heavy atom. The van der Waals surface area contributed by atoms with Crippen LogP contribution in [-0.4, -0.2) is 29.1 Å². The Bertz CT molecular complexity index is 784. The van der Waals surface area contributed by atoms with Crippen molar-refractivity contribution in [2.45, 2.75) is 38.5 Å². The molecule has 1 aliphatic rings. The summed E-state index contributed by atoms with van der Waals surface area (Å²) in [6.45, 7) is 3.79. The third-order valence-corrected chi connectivity index (χ3v) is 4.32. The van der Waals surface area contributed by atoms with Crippen LogP contribution in [0.3, 0.4) is 0 Å². The second kappa shape index (κ2) is 7.07. The molecule has 0 bridgehead atoms. The molecule has 2 aromatic carbocycles. The zero-order valence-corrected chi connectivity index (χ0v) is 14.3. The predicted molar refractivity (Wildman–Crippen MR) is 95.4 cm³/mol. The molecule has 5 heteroatoms. The van der Waals surface area contributed by atoms with Crippen LogP contribution in [0.5, 0.6) is 0 Å². The maximum absolute atomic E-state index is 12.5. The van der Waals surface area contributed by atoms with E-state index < -0.39 is 12.1 Å². The summed E-state index contributed by atoms with van der Waals surface area (Å²) >= 11 is 0. The van der Waals surface area contributed by atoms with Crippen molar-refractivity contribution in [2.75, 3.05) is 0 Å². The van der Waals surface area contributed by atoms with Crippen LogP contribution in [-0.2, 0) is 6.42 Å². The molecule has 0 aromatic heterocycles. The Balaban J connectivity index is 1.71. The third-order valence-electron chi connectivity index (χ3n) is 4.32. The zero-order chi connectivity index (χ0) is 18.0. The van der Waals surface area contributed by atoms with E-state index in [1.807, 2.05) is 38.1 Å². The Morgan fingerprint density at radius 2 is 1.60 bits per heavy atom. The van der Waals surface area contributed by atoms with Crippen LogP contribution in [0.15, 0.2) is 48.5 Å². The molecule has 25 heavy (non-hydrogen) atoms. The van der Waals surface area contributed by atoms with E-state index >= 15 is 0 Å². The Labute approximate surface area is 147 Å². The first-order chi connectivity index (χ1) is 12.0. The van der Waals surface area contributed by atoms with Crippen molar-refractivity contribution in [2.24, 2.45) is 0 Å². The van der Waals surface area contributed by atoms with Crippen molar-refractivity contribution < 1.29 is 14.7 Å². The van der Waals surface area contributed by atoms with Gasteiger partial charge in [0.15, 0.2) is 0 Å². The molecule has 2 amide bonds. The van der Waals surface area contributed by atoms with Gasteiger partial charge >= 0.3 is 0 Å². The molecule has 0 saturated carbocycles. The number of aliphatic hydroxyl groups is 1. The lowest BCUT2D eigenvalue weighted by molar-refractivity contribution is 0.0857. The number of amides is 2. The predicted octanol–water partition coefficient (Wildman–Crippen LogP) is 2.21. The van der Waals surface area contributed by atoms with Gasteiger partial charge in [0.2, 0.25) is 0 Å². The van der Waals surface area contributed by atoms with E-state index in [1.165, 1.54) is 0 Å². The molecule has 3 N–H and O–H groups in total. The number of carbonyl (C=O) groups is 2. The molecule has 130 valence electrons. The van der Waals surface area contributed by atoms with Crippen molar-refractivity contribution in [3.8, 4) is 0 Å². The highest BCUT2D eigenvalue weighted by Gasteiger charge is 2.32. The smallest absolute Gasteiger partial charge is 0.251 e. The number of hydrogen-bond acceptors (Lipinski definition) is 3. The van der Waals surface area contributed by atoms with E-state index in [1.54, 1.807) is 24.3 Å². The first kappa shape index (κ1) is 17.2. The summed E-state index contributed by atoms with van der Waals surface area (Å²) in [6.07, 6.45) is -0.0902. The molecular weight excluding hydrogens is 316 g/mol. The van der Waals surface area contributed by atoms with Gasteiger partial charge < -0.3 is 15.7 Å². The van der Waals surface area contributed by atoms with E-state index in [2.05, 4.69) is 10.6 Å². The number of aliphatic hydroxyl groups excluding tert-OH is 1. The Morgan fingerprint density at radius 3 is 2.24 bits per heavy atom. The van der Waals surface area contributed by atoms with Gasteiger partial charge in [0, 0.05) is 23.6 Å². The summed E-state index contributed by atoms with van der Waals surface area (Å²) in [6, 6.07) is 13.9. The largest absolute Gasteiger partial charge is 0.390 e. The molecule has 0 heterocycles. The summed E-state index contributed by atoms with van der Waals surface area (Å²) in [5, 5.41) is 15.9. The number of hydrogen-bond donors (Lipinski definition) is 3. The van der Waals surface area contributed by atoms with Crippen LogP contribution in [0.1, 0.15) is 51.7 Å². The van der Waals surface area contributed by atoms with Crippen molar-refractivity contribution in [1.82, 2.24) is 10.6 Å². The minimum absolute atomic E-state index is 0.0550. The van der Waals surface area contributed by atoms with Crippen molar-refractivity contribution in [3.63, 3.8) is 0 Å². The molecular formula is C20H22N2O3. The highest BCUT2D eigenvalue weighted by atomic mass is 16.3. The number of carbonyl (C=O) groups excluding carboxylic acids is 2. The molecule has 0 aliphatic heterocycles. The summed E-state index contributed by atoms with van der Waals surface area (Å²) in [5.74, 6) is -0.432. The van der Waals surface area contributed by atoms with Crippen molar-refractivity contribution in [3.05, 3.63) is 70.8 Å². The monoisotopic (exact) mass is 338 g/mol. The van der Waals surface area contributed by atoms with Crippen LogP contribution < -0.4 is 10.6 Å². The van der Waals surface area contributed by atoms with E-state index in [0.717, 1.165) is 11.1 Å². The van der Waals surface area contributed by atoms with Gasteiger partial charge in [-0.2, -0.15) is 0 Å². The molecule has 2 atom stereocenters. The van der Waals surface area contributed by atoms with Gasteiger partial charge in [-0.05, 0) is 49.2 Å². The summed E-state index contributed by atoms with van der Waals surface area (Å²) in [4.78, 5) is 24.4. The molecule has 2 aromatic rings. The topological polar surface area (TPSA) is 78.4 Å². The number of benzene rings is 2. The second-order valence-corrected chi connectivity index (χ2v) is 6.63. The van der Waals surface area contributed by atoms with Crippen molar-refractivity contribution >= 4 is 11.8 Å². The first-order valence-corrected chi connectivity index (χ1v) is 8.43. The quantitative estimate of drug-likeness (QED) is 0.800. The molecule has 1 aliphatic carbocycles. The number of rotatable bonds is 4. The molecule has 0 saturated heterocycles. The average Bonchev–Trinajstić information content (AvgIpc) is 2.90. The van der Waals surface area contributed by atoms with Crippen LogP contribution in [0.2, 0.25) is 0 Å². The van der Waals surface area contributed by atoms with E-state index in [-0.39, 0.29) is 17.9 Å². The Kier molecular flexibility index (Phi) is 4.86. The summed E-state index contributed by atoms with van der Waals surface area (Å²) < 4.78 is 0. The average molecular weight is 338 g/mol. The highest BCUT2D eigenvalue weighted by molar-refractivity contribution is 5.98. The van der Waals surface area contributed by atoms with E-state index in [0.29, 0.717) is 17.5 Å². The standard InChI is InChI=1S/C20H22N2O3/c1-12(2)21-19(24)13-7-9-14(10-8-13)20(25)22-18-16-6-4-3-5-15(16)11-17(18)23/h3-10,12,17-18,23H,11H2,1-2H3,(H,21,24)(H,22,25)/t17-,18+/m0/s1. The lowest BCUT2D eigenvalue weighted by Crippen LogP contribution is -2.34. The van der Waals surface area contributed by atoms with Crippen LogP contribution in [0.25, 0.3) is 0 Å². The molecule has 5 nitrogen and oxygen atoms in total. The fourth-order valence-electron chi connectivity index (χ4n) is 3.09. The SMILES string of the molecule is CC(C)NC(=O)c1ccc(C(=O)N[C@@H]2c3ccccc3C[C@@H]2O)cc1. The van der Waals surface area contributed by atoms with Gasteiger partial charge in [0.1, 0.15) is 0 Å². The molecule has 0 fully saturated rings. The fraction of sp³-hybridized carbons (Fsp3) is 0.300. The van der Waals surface area contributed by atoms with Crippen LogP contribution >= 0.6 is 0 Å². The van der Waals surface area contributed by atoms with Gasteiger partial charge in [-0.1, -0.05) is 24.3 Å². The fourth-order valence-corrected chi connectivity index (χ4v) is 3.09. The number of nitrogens with one attached hydrogen (secondary N) is 2. The van der Waals surface area contributed by atoms with Gasteiger partial charge in [0.25, 0.3) is 11.8 Å². The van der Waals surface area contributed by atoms with Crippen molar-refractivity contribution in [1.29, 1.82) is 0 Å². The number of fused-ring (bicyclic) bond motifs is 1. The third kappa shape index (κ3) is 3.72. The molecule has 0 unspecified atom stereocenters. The first-order valence-electron chi connectivity index (χ1n) is 8.43. The summed E-state index contributed by atoms with van der Waals surface area (Å²) in [5.41, 5.74) is 2.98. The van der Waals surface area contributed by atoms with Gasteiger partial charge in [-0.3, -0.25) is 9.59 Å². The minimum Gasteiger partial charge on any atom is -0.390 e. The van der Waals surface area contributed by atoms with Gasteiger partial charge in [0.05, 0.1) is 12.1 Å². The van der Waals surface area contributed by atoms with Crippen LogP contribution in [0, 0.1) is 0 Å². The zero-order valence-electron chi connectivity index (χ0n) is 14.3. The van der Waals surface area contributed by atoms with Crippen LogP contribution in [0.4, 0.5) is 0 Å². The normalized spacial score (nSPS) is 18.7. The molecule has 0 radical (unpaired) electrons. The van der Waals surface area contributed by atoms with Gasteiger partial charge in [-0.15, -0.1) is 0 Å². The molecule has 3 rings (SSSR count).